The van der Waals surface area contributed by atoms with E-state index in [-0.39, 0.29) is 0 Å². The highest BCUT2D eigenvalue weighted by molar-refractivity contribution is 5.62. The maximum atomic E-state index is 4.28. The van der Waals surface area contributed by atoms with Gasteiger partial charge in [0, 0.05) is 25.0 Å². The highest BCUT2D eigenvalue weighted by Crippen LogP contribution is 2.27. The largest absolute Gasteiger partial charge is 0.274 e. The number of rotatable bonds is 1. The zero-order valence-electron chi connectivity index (χ0n) is 8.15. The van der Waals surface area contributed by atoms with Crippen molar-refractivity contribution in [2.24, 2.45) is 7.05 Å². The highest BCUT2D eigenvalue weighted by Gasteiger charge is 2.14. The monoisotopic (exact) mass is 175 g/mol. The summed E-state index contributed by atoms with van der Waals surface area (Å²) in [7, 11) is 1.91. The van der Waals surface area contributed by atoms with Gasteiger partial charge in [-0.15, -0.1) is 0 Å². The smallest absolute Gasteiger partial charge is 0.179 e. The summed E-state index contributed by atoms with van der Waals surface area (Å²) in [5, 5.41) is 4.28. The van der Waals surface area contributed by atoms with E-state index in [1.807, 2.05) is 19.4 Å². The van der Waals surface area contributed by atoms with E-state index in [0.29, 0.717) is 5.92 Å². The van der Waals surface area contributed by atoms with E-state index >= 15 is 0 Å². The van der Waals surface area contributed by atoms with Gasteiger partial charge in [-0.25, -0.2) is 4.98 Å². The molecule has 2 aliphatic heterocycles. The second-order valence-corrected chi connectivity index (χ2v) is 3.59. The first kappa shape index (κ1) is 8.23. The Kier molecular flexibility index (Phi) is 1.79. The molecule has 3 nitrogen and oxygen atoms in total. The summed E-state index contributed by atoms with van der Waals surface area (Å²) in [5.41, 5.74) is 2.45. The zero-order chi connectivity index (χ0) is 9.42. The first-order valence-corrected chi connectivity index (χ1v) is 4.46. The van der Waals surface area contributed by atoms with Crippen molar-refractivity contribution in [2.75, 3.05) is 0 Å². The van der Waals surface area contributed by atoms with Crippen molar-refractivity contribution in [3.8, 4) is 11.4 Å². The lowest BCUT2D eigenvalue weighted by Gasteiger charge is -2.05. The minimum atomic E-state index is 0.513. The van der Waals surface area contributed by atoms with Crippen LogP contribution in [0.4, 0.5) is 0 Å². The molecule has 0 unspecified atom stereocenters. The van der Waals surface area contributed by atoms with Gasteiger partial charge >= 0.3 is 0 Å². The van der Waals surface area contributed by atoms with Gasteiger partial charge in [-0.05, 0) is 17.5 Å². The summed E-state index contributed by atoms with van der Waals surface area (Å²) in [5.74, 6) is 1.35. The van der Waals surface area contributed by atoms with Crippen molar-refractivity contribution in [2.45, 2.75) is 19.8 Å². The van der Waals surface area contributed by atoms with Gasteiger partial charge in [0.05, 0.1) is 0 Å². The van der Waals surface area contributed by atoms with E-state index < -0.39 is 0 Å². The number of nitrogens with zero attached hydrogens (tertiary/aromatic N) is 3. The standard InChI is InChI=1S/C10H13N3/c1-7(2)9-6-11-10-8(9)4-5-13(3)12-10/h4-7H,1-3H3. The molecular formula is C10H13N3. The number of hydrogen-bond donors (Lipinski definition) is 0. The summed E-state index contributed by atoms with van der Waals surface area (Å²) in [6.07, 6.45) is 3.87. The lowest BCUT2D eigenvalue weighted by molar-refractivity contribution is 0.735. The SMILES string of the molecule is CC(C)c1cnc2nn(C)ccc1-2. The van der Waals surface area contributed by atoms with Crippen LogP contribution in [0.2, 0.25) is 0 Å². The van der Waals surface area contributed by atoms with Crippen LogP contribution in [0.5, 0.6) is 0 Å². The quantitative estimate of drug-likeness (QED) is 0.664. The molecule has 0 fully saturated rings. The summed E-state index contributed by atoms with van der Waals surface area (Å²) in [4.78, 5) is 4.27. The Balaban J connectivity index is 2.60. The van der Waals surface area contributed by atoms with Crippen molar-refractivity contribution in [1.82, 2.24) is 14.8 Å². The van der Waals surface area contributed by atoms with E-state index in [2.05, 4.69) is 30.0 Å². The Morgan fingerprint density at radius 3 is 2.85 bits per heavy atom. The molecule has 0 saturated carbocycles. The Labute approximate surface area is 77.8 Å². The molecule has 0 aromatic heterocycles. The Morgan fingerprint density at radius 1 is 1.38 bits per heavy atom. The zero-order valence-corrected chi connectivity index (χ0v) is 8.15. The van der Waals surface area contributed by atoms with Gasteiger partial charge in [0.25, 0.3) is 0 Å². The molecule has 0 radical (unpaired) electrons. The molecule has 0 spiro atoms. The van der Waals surface area contributed by atoms with Gasteiger partial charge in [0.2, 0.25) is 0 Å². The van der Waals surface area contributed by atoms with Crippen LogP contribution in [0.15, 0.2) is 18.5 Å². The molecule has 0 aliphatic carbocycles. The van der Waals surface area contributed by atoms with Crippen molar-refractivity contribution < 1.29 is 0 Å². The first-order valence-electron chi connectivity index (χ1n) is 4.46. The van der Waals surface area contributed by atoms with Crippen LogP contribution in [-0.4, -0.2) is 14.8 Å². The minimum Gasteiger partial charge on any atom is -0.274 e. The van der Waals surface area contributed by atoms with Gasteiger partial charge in [-0.2, -0.15) is 5.10 Å². The molecule has 13 heavy (non-hydrogen) atoms. The predicted molar refractivity (Wildman–Crippen MR) is 51.7 cm³/mol. The molecule has 0 aromatic carbocycles. The molecule has 0 atom stereocenters. The van der Waals surface area contributed by atoms with Crippen molar-refractivity contribution >= 4 is 0 Å². The molecule has 0 bridgehead atoms. The Bertz CT molecular complexity index is 389. The van der Waals surface area contributed by atoms with Crippen LogP contribution in [0.25, 0.3) is 11.4 Å². The number of aryl methyl sites for hydroxylation is 1. The molecule has 0 saturated heterocycles. The van der Waals surface area contributed by atoms with Crippen LogP contribution < -0.4 is 0 Å². The minimum absolute atomic E-state index is 0.513. The number of hydrogen-bond acceptors (Lipinski definition) is 2. The van der Waals surface area contributed by atoms with Gasteiger partial charge in [-0.3, -0.25) is 4.68 Å². The molecular weight excluding hydrogens is 162 g/mol. The molecule has 68 valence electrons. The topological polar surface area (TPSA) is 30.7 Å². The summed E-state index contributed by atoms with van der Waals surface area (Å²) >= 11 is 0. The number of aromatic nitrogens is 3. The van der Waals surface area contributed by atoms with Gasteiger partial charge in [0.1, 0.15) is 0 Å². The second-order valence-electron chi connectivity index (χ2n) is 3.59. The highest BCUT2D eigenvalue weighted by atomic mass is 15.3. The third kappa shape index (κ3) is 1.30. The van der Waals surface area contributed by atoms with Gasteiger partial charge < -0.3 is 0 Å². The molecule has 0 aromatic rings. The normalized spacial score (nSPS) is 11.4. The lowest BCUT2D eigenvalue weighted by atomic mass is 10.0. The maximum absolute atomic E-state index is 4.28. The van der Waals surface area contributed by atoms with Crippen molar-refractivity contribution in [1.29, 1.82) is 0 Å². The van der Waals surface area contributed by atoms with Gasteiger partial charge in [-0.1, -0.05) is 13.8 Å². The average molecular weight is 175 g/mol. The molecule has 2 rings (SSSR count). The predicted octanol–water partition coefficient (Wildman–Crippen LogP) is 2.04. The number of fused-ring (bicyclic) bond motifs is 1. The third-order valence-corrected chi connectivity index (χ3v) is 2.21. The summed E-state index contributed by atoms with van der Waals surface area (Å²) in [6, 6.07) is 2.07. The fourth-order valence-corrected chi connectivity index (χ4v) is 1.47. The van der Waals surface area contributed by atoms with E-state index in [1.165, 1.54) is 11.1 Å². The lowest BCUT2D eigenvalue weighted by Crippen LogP contribution is -1.99. The van der Waals surface area contributed by atoms with E-state index in [9.17, 15) is 0 Å². The second kappa shape index (κ2) is 2.83. The van der Waals surface area contributed by atoms with Crippen LogP contribution in [-0.2, 0) is 7.05 Å². The van der Waals surface area contributed by atoms with Crippen LogP contribution in [0.3, 0.4) is 0 Å². The fourth-order valence-electron chi connectivity index (χ4n) is 1.47. The average Bonchev–Trinajstić information content (AvgIpc) is 2.46. The Hall–Kier alpha value is -1.38. The van der Waals surface area contributed by atoms with E-state index in [0.717, 1.165) is 5.82 Å². The van der Waals surface area contributed by atoms with Crippen molar-refractivity contribution in [3.63, 3.8) is 0 Å². The van der Waals surface area contributed by atoms with Crippen LogP contribution >= 0.6 is 0 Å². The van der Waals surface area contributed by atoms with Crippen LogP contribution in [0.1, 0.15) is 25.3 Å². The van der Waals surface area contributed by atoms with Crippen LogP contribution in [0, 0.1) is 0 Å². The summed E-state index contributed by atoms with van der Waals surface area (Å²) < 4.78 is 1.78. The third-order valence-electron chi connectivity index (χ3n) is 2.21. The fraction of sp³-hybridized carbons (Fsp3) is 0.400. The Morgan fingerprint density at radius 2 is 2.15 bits per heavy atom. The maximum Gasteiger partial charge on any atom is 0.179 e. The van der Waals surface area contributed by atoms with E-state index in [1.54, 1.807) is 4.68 Å². The summed E-state index contributed by atoms with van der Waals surface area (Å²) in [6.45, 7) is 4.34. The molecule has 2 aliphatic rings. The molecule has 0 N–H and O–H groups in total. The molecule has 0 amide bonds. The van der Waals surface area contributed by atoms with E-state index in [4.69, 9.17) is 0 Å². The molecule has 3 heteroatoms. The molecule has 2 heterocycles. The van der Waals surface area contributed by atoms with Crippen molar-refractivity contribution in [3.05, 3.63) is 24.0 Å². The van der Waals surface area contributed by atoms with Gasteiger partial charge in [0.15, 0.2) is 5.82 Å². The first-order chi connectivity index (χ1) is 6.18.